The van der Waals surface area contributed by atoms with Crippen LogP contribution in [0.2, 0.25) is 0 Å². The number of halogens is 6. The van der Waals surface area contributed by atoms with Crippen molar-refractivity contribution < 1.29 is 26.3 Å². The van der Waals surface area contributed by atoms with Crippen molar-refractivity contribution in [1.82, 2.24) is 5.32 Å². The molecule has 0 saturated heterocycles. The Morgan fingerprint density at radius 2 is 1.07 bits per heavy atom. The van der Waals surface area contributed by atoms with E-state index >= 15 is 0 Å². The molecule has 0 saturated carbocycles. The Kier molecular flexibility index (Phi) is 9.96. The van der Waals surface area contributed by atoms with Gasteiger partial charge in [-0.05, 0) is 35.8 Å². The van der Waals surface area contributed by atoms with E-state index in [0.717, 1.165) is 15.9 Å². The number of rotatable bonds is 7. The van der Waals surface area contributed by atoms with Crippen molar-refractivity contribution in [3.63, 3.8) is 0 Å². The predicted molar refractivity (Wildman–Crippen MR) is 171 cm³/mol. The Morgan fingerprint density at radius 1 is 0.682 bits per heavy atom. The average molecular weight is 648 g/mol. The molecule has 0 bridgehead atoms. The van der Waals surface area contributed by atoms with E-state index in [1.54, 1.807) is 0 Å². The molecule has 0 spiro atoms. The first-order valence-corrected chi connectivity index (χ1v) is 15.9. The topological polar surface area (TPSA) is 36.4 Å². The van der Waals surface area contributed by atoms with Crippen LogP contribution < -0.4 is 26.5 Å². The summed E-state index contributed by atoms with van der Waals surface area (Å²) in [6, 6.07) is 30.8. The Labute approximate surface area is 258 Å². The maximum Gasteiger partial charge on any atom is 0.416 e. The minimum Gasteiger partial charge on any atom is -0.357 e. The highest BCUT2D eigenvalue weighted by molar-refractivity contribution is 7.87. The van der Waals surface area contributed by atoms with E-state index in [1.807, 2.05) is 75.4 Å². The number of nitrogens with zero attached hydrogens (tertiary/aromatic N) is 1. The van der Waals surface area contributed by atoms with Crippen molar-refractivity contribution in [2.75, 3.05) is 11.9 Å². The van der Waals surface area contributed by atoms with Crippen LogP contribution >= 0.6 is 19.3 Å². The third-order valence-corrected chi connectivity index (χ3v) is 11.0. The van der Waals surface area contributed by atoms with Crippen LogP contribution in [-0.4, -0.2) is 17.7 Å². The predicted octanol–water partition coefficient (Wildman–Crippen LogP) is 8.60. The first kappa shape index (κ1) is 33.3. The van der Waals surface area contributed by atoms with Gasteiger partial charge in [0.05, 0.1) is 30.8 Å². The summed E-state index contributed by atoms with van der Waals surface area (Å²) in [7, 11) is -2.57. The molecule has 4 rings (SSSR count). The van der Waals surface area contributed by atoms with Crippen LogP contribution in [0.25, 0.3) is 0 Å². The second-order valence-electron chi connectivity index (χ2n) is 11.3. The van der Waals surface area contributed by atoms with E-state index in [1.165, 1.54) is 0 Å². The fraction of sp³-hybridized carbons (Fsp3) is 0.242. The molecule has 2 N–H and O–H groups in total. The number of hydrogen-bond donors (Lipinski definition) is 2. The normalized spacial score (nSPS) is 13.2. The zero-order valence-electron chi connectivity index (χ0n) is 24.2. The van der Waals surface area contributed by atoms with Gasteiger partial charge >= 0.3 is 12.4 Å². The highest BCUT2D eigenvalue weighted by Gasteiger charge is 2.37. The molecule has 3 nitrogen and oxygen atoms in total. The van der Waals surface area contributed by atoms with E-state index in [0.29, 0.717) is 12.1 Å². The summed E-state index contributed by atoms with van der Waals surface area (Å²) < 4.78 is 86.0. The molecule has 232 valence electrons. The minimum absolute atomic E-state index is 0.0819. The van der Waals surface area contributed by atoms with Crippen LogP contribution in [0.4, 0.5) is 32.0 Å². The SMILES string of the molecule is CC(C)(C)C(CN=P(c1ccccc1)(c1ccccc1)c1ccccc1)NC(=S)Nc1cc(C(F)(F)F)cc(C(F)(F)F)c1. The molecule has 0 radical (unpaired) electrons. The van der Waals surface area contributed by atoms with Crippen LogP contribution in [0.3, 0.4) is 0 Å². The number of alkyl halides is 6. The van der Waals surface area contributed by atoms with Crippen LogP contribution in [0.5, 0.6) is 0 Å². The summed E-state index contributed by atoms with van der Waals surface area (Å²) in [6.07, 6.45) is -9.95. The molecular weight excluding hydrogens is 615 g/mol. The molecule has 1 unspecified atom stereocenters. The van der Waals surface area contributed by atoms with Gasteiger partial charge in [-0.3, -0.25) is 4.74 Å². The van der Waals surface area contributed by atoms with Crippen molar-refractivity contribution in [2.45, 2.75) is 39.2 Å². The zero-order valence-corrected chi connectivity index (χ0v) is 26.0. The van der Waals surface area contributed by atoms with Crippen LogP contribution in [0.15, 0.2) is 114 Å². The first-order chi connectivity index (χ1) is 20.6. The van der Waals surface area contributed by atoms with Gasteiger partial charge in [-0.1, -0.05) is 112 Å². The fourth-order valence-corrected chi connectivity index (χ4v) is 8.58. The molecular formula is C33H32F6N3PS. The molecule has 0 amide bonds. The third kappa shape index (κ3) is 7.90. The Hall–Kier alpha value is -3.62. The lowest BCUT2D eigenvalue weighted by atomic mass is 9.87. The Bertz CT molecular complexity index is 1480. The molecule has 0 aromatic heterocycles. The van der Waals surface area contributed by atoms with Gasteiger partial charge in [0.25, 0.3) is 0 Å². The zero-order chi connectivity index (χ0) is 32.2. The summed E-state index contributed by atoms with van der Waals surface area (Å²) in [6.45, 7) is 6.13. The van der Waals surface area contributed by atoms with Crippen LogP contribution in [0.1, 0.15) is 31.9 Å². The highest BCUT2D eigenvalue weighted by Crippen LogP contribution is 2.47. The lowest BCUT2D eigenvalue weighted by molar-refractivity contribution is -0.143. The summed E-state index contributed by atoms with van der Waals surface area (Å²) in [5.74, 6) is 0. The summed E-state index contributed by atoms with van der Waals surface area (Å²) in [4.78, 5) is 0. The molecule has 4 aromatic rings. The van der Waals surface area contributed by atoms with Gasteiger partial charge in [-0.2, -0.15) is 26.3 Å². The maximum absolute atomic E-state index is 13.4. The van der Waals surface area contributed by atoms with E-state index in [-0.39, 0.29) is 17.7 Å². The fourth-order valence-electron chi connectivity index (χ4n) is 4.72. The van der Waals surface area contributed by atoms with Gasteiger partial charge in [-0.15, -0.1) is 0 Å². The monoisotopic (exact) mass is 647 g/mol. The molecule has 0 aliphatic rings. The number of nitrogens with one attached hydrogen (secondary N) is 2. The second kappa shape index (κ2) is 13.2. The van der Waals surface area contributed by atoms with Gasteiger partial charge in [0.15, 0.2) is 5.11 Å². The van der Waals surface area contributed by atoms with Gasteiger partial charge in [-0.25, -0.2) is 0 Å². The smallest absolute Gasteiger partial charge is 0.357 e. The quantitative estimate of drug-likeness (QED) is 0.120. The van der Waals surface area contributed by atoms with Crippen molar-refractivity contribution in [2.24, 2.45) is 10.2 Å². The average Bonchev–Trinajstić information content (AvgIpc) is 2.97. The Balaban J connectivity index is 1.75. The van der Waals surface area contributed by atoms with Crippen molar-refractivity contribution in [3.8, 4) is 0 Å². The molecule has 0 heterocycles. The Morgan fingerprint density at radius 3 is 1.41 bits per heavy atom. The van der Waals surface area contributed by atoms with E-state index in [2.05, 4.69) is 47.0 Å². The van der Waals surface area contributed by atoms with Gasteiger partial charge in [0.2, 0.25) is 0 Å². The highest BCUT2D eigenvalue weighted by atomic mass is 32.1. The molecule has 0 aliphatic carbocycles. The number of hydrogen-bond acceptors (Lipinski definition) is 2. The first-order valence-electron chi connectivity index (χ1n) is 13.7. The van der Waals surface area contributed by atoms with Crippen molar-refractivity contribution in [3.05, 3.63) is 120 Å². The van der Waals surface area contributed by atoms with E-state index in [9.17, 15) is 26.3 Å². The summed E-state index contributed by atoms with van der Waals surface area (Å²) >= 11 is 5.43. The minimum atomic E-state index is -4.97. The second-order valence-corrected chi connectivity index (χ2v) is 14.8. The summed E-state index contributed by atoms with van der Waals surface area (Å²) in [5.41, 5.74) is -3.74. The van der Waals surface area contributed by atoms with Gasteiger partial charge < -0.3 is 10.6 Å². The largest absolute Gasteiger partial charge is 0.416 e. The van der Waals surface area contributed by atoms with Crippen molar-refractivity contribution >= 4 is 46.0 Å². The summed E-state index contributed by atoms with van der Waals surface area (Å²) in [5, 5.41) is 8.67. The van der Waals surface area contributed by atoms with E-state index in [4.69, 9.17) is 17.0 Å². The molecule has 44 heavy (non-hydrogen) atoms. The standard InChI is InChI=1S/C33H32F6N3PS/c1-31(2,3)29(42-30(44)41-25-20-23(32(34,35)36)19-24(21-25)33(37,38)39)22-40-43(26-13-7-4-8-14-26,27-15-9-5-10-16-27)28-17-11-6-12-18-28/h4-21,29H,22H2,1-3H3,(H2,41,42,44). The molecule has 4 aromatic carbocycles. The van der Waals surface area contributed by atoms with Gasteiger partial charge in [0.1, 0.15) is 0 Å². The molecule has 0 fully saturated rings. The number of benzene rings is 4. The van der Waals surface area contributed by atoms with Crippen LogP contribution in [-0.2, 0) is 12.4 Å². The van der Waals surface area contributed by atoms with E-state index < -0.39 is 47.7 Å². The van der Waals surface area contributed by atoms with Crippen LogP contribution in [0, 0.1) is 5.41 Å². The molecule has 11 heteroatoms. The van der Waals surface area contributed by atoms with Crippen molar-refractivity contribution in [1.29, 1.82) is 0 Å². The number of thiocarbonyl (C=S) groups is 1. The third-order valence-electron chi connectivity index (χ3n) is 7.06. The molecule has 0 aliphatic heterocycles. The lowest BCUT2D eigenvalue weighted by Gasteiger charge is -2.34. The maximum atomic E-state index is 13.4. The number of anilines is 1. The van der Waals surface area contributed by atoms with Gasteiger partial charge in [0, 0.05) is 21.6 Å². The molecule has 1 atom stereocenters. The lowest BCUT2D eigenvalue weighted by Crippen LogP contribution is -2.47.